The Bertz CT molecular complexity index is 686. The summed E-state index contributed by atoms with van der Waals surface area (Å²) >= 11 is 5.95. The quantitative estimate of drug-likeness (QED) is 0.911. The lowest BCUT2D eigenvalue weighted by Crippen LogP contribution is -2.15. The van der Waals surface area contributed by atoms with Crippen LogP contribution in [-0.2, 0) is 0 Å². The van der Waals surface area contributed by atoms with Crippen LogP contribution in [0.1, 0.15) is 26.3 Å². The van der Waals surface area contributed by atoms with Crippen LogP contribution in [0.15, 0.2) is 36.5 Å². The molecule has 2 rings (SSSR count). The molecule has 0 radical (unpaired) electrons. The van der Waals surface area contributed by atoms with Crippen molar-refractivity contribution in [2.75, 3.05) is 5.32 Å². The Morgan fingerprint density at radius 2 is 2.05 bits per heavy atom. The molecule has 0 saturated heterocycles. The van der Waals surface area contributed by atoms with Crippen LogP contribution in [0, 0.1) is 6.92 Å². The van der Waals surface area contributed by atoms with Crippen LogP contribution in [0.3, 0.4) is 0 Å². The normalized spacial score (nSPS) is 10.1. The Balaban J connectivity index is 2.26. The van der Waals surface area contributed by atoms with Gasteiger partial charge < -0.3 is 10.4 Å². The van der Waals surface area contributed by atoms with Crippen LogP contribution in [0.25, 0.3) is 0 Å². The summed E-state index contributed by atoms with van der Waals surface area (Å²) in [4.78, 5) is 26.9. The molecule has 20 heavy (non-hydrogen) atoms. The average molecular weight is 291 g/mol. The van der Waals surface area contributed by atoms with Gasteiger partial charge in [0.25, 0.3) is 5.91 Å². The van der Waals surface area contributed by atoms with Crippen LogP contribution in [0.4, 0.5) is 5.82 Å². The fraction of sp³-hybridized carbons (Fsp3) is 0.0714. The van der Waals surface area contributed by atoms with Gasteiger partial charge in [-0.05, 0) is 36.8 Å². The minimum Gasteiger partial charge on any atom is -0.478 e. The number of hydrogen-bond donors (Lipinski definition) is 2. The molecule has 0 fully saturated rings. The Morgan fingerprint density at radius 3 is 2.75 bits per heavy atom. The standard InChI is InChI=1S/C14H11ClN2O3/c1-8-10(3-2-4-11(8)15)13(18)17-12-7-9(14(19)20)5-6-16-12/h2-7H,1H3,(H,19,20)(H,16,17,18). The predicted molar refractivity (Wildman–Crippen MR) is 75.3 cm³/mol. The number of nitrogens with one attached hydrogen (secondary N) is 1. The van der Waals surface area contributed by atoms with Crippen molar-refractivity contribution < 1.29 is 14.7 Å². The van der Waals surface area contributed by atoms with E-state index in [4.69, 9.17) is 16.7 Å². The summed E-state index contributed by atoms with van der Waals surface area (Å²) in [6.45, 7) is 1.73. The second-order valence-electron chi connectivity index (χ2n) is 4.10. The topological polar surface area (TPSA) is 79.3 Å². The smallest absolute Gasteiger partial charge is 0.335 e. The molecule has 2 N–H and O–H groups in total. The van der Waals surface area contributed by atoms with Crippen molar-refractivity contribution in [2.45, 2.75) is 6.92 Å². The molecule has 1 aromatic carbocycles. The first-order valence-electron chi connectivity index (χ1n) is 5.75. The van der Waals surface area contributed by atoms with E-state index in [-0.39, 0.29) is 17.3 Å². The maximum Gasteiger partial charge on any atom is 0.335 e. The van der Waals surface area contributed by atoms with E-state index in [0.717, 1.165) is 0 Å². The van der Waals surface area contributed by atoms with Crippen LogP contribution in [0.2, 0.25) is 5.02 Å². The predicted octanol–water partition coefficient (Wildman–Crippen LogP) is 2.99. The number of pyridine rings is 1. The highest BCUT2D eigenvalue weighted by molar-refractivity contribution is 6.32. The highest BCUT2D eigenvalue weighted by Crippen LogP contribution is 2.19. The Labute approximate surface area is 120 Å². The van der Waals surface area contributed by atoms with E-state index < -0.39 is 5.97 Å². The summed E-state index contributed by atoms with van der Waals surface area (Å²) in [6, 6.07) is 7.64. The second kappa shape index (κ2) is 5.71. The van der Waals surface area contributed by atoms with Gasteiger partial charge in [-0.15, -0.1) is 0 Å². The molecule has 5 nitrogen and oxygen atoms in total. The van der Waals surface area contributed by atoms with Crippen molar-refractivity contribution in [3.8, 4) is 0 Å². The SMILES string of the molecule is Cc1c(Cl)cccc1C(=O)Nc1cc(C(=O)O)ccn1. The number of aromatic carboxylic acids is 1. The zero-order valence-electron chi connectivity index (χ0n) is 10.6. The largest absolute Gasteiger partial charge is 0.478 e. The molecular weight excluding hydrogens is 280 g/mol. The van der Waals surface area contributed by atoms with Gasteiger partial charge >= 0.3 is 5.97 Å². The molecule has 6 heteroatoms. The van der Waals surface area contributed by atoms with E-state index in [1.807, 2.05) is 0 Å². The first-order chi connectivity index (χ1) is 9.49. The summed E-state index contributed by atoms with van der Waals surface area (Å²) < 4.78 is 0. The van der Waals surface area contributed by atoms with Crippen LogP contribution in [0.5, 0.6) is 0 Å². The molecule has 1 heterocycles. The zero-order chi connectivity index (χ0) is 14.7. The molecular formula is C14H11ClN2O3. The van der Waals surface area contributed by atoms with Gasteiger partial charge in [0, 0.05) is 16.8 Å². The third-order valence-corrected chi connectivity index (χ3v) is 3.17. The zero-order valence-corrected chi connectivity index (χ0v) is 11.3. The number of amides is 1. The maximum absolute atomic E-state index is 12.1. The number of aromatic nitrogens is 1. The maximum atomic E-state index is 12.1. The van der Waals surface area contributed by atoms with Crippen molar-refractivity contribution in [3.05, 3.63) is 58.2 Å². The van der Waals surface area contributed by atoms with Crippen molar-refractivity contribution in [1.29, 1.82) is 0 Å². The van der Waals surface area contributed by atoms with Crippen LogP contribution < -0.4 is 5.32 Å². The van der Waals surface area contributed by atoms with Crippen molar-refractivity contribution in [1.82, 2.24) is 4.98 Å². The summed E-state index contributed by atoms with van der Waals surface area (Å²) in [5.41, 5.74) is 1.12. The van der Waals surface area contributed by atoms with Gasteiger partial charge in [-0.1, -0.05) is 17.7 Å². The molecule has 0 bridgehead atoms. The number of rotatable bonds is 3. The minimum absolute atomic E-state index is 0.0538. The second-order valence-corrected chi connectivity index (χ2v) is 4.51. The molecule has 0 saturated carbocycles. The highest BCUT2D eigenvalue weighted by atomic mass is 35.5. The third-order valence-electron chi connectivity index (χ3n) is 2.76. The summed E-state index contributed by atoms with van der Waals surface area (Å²) in [7, 11) is 0. The summed E-state index contributed by atoms with van der Waals surface area (Å²) in [5, 5.41) is 11.9. The number of halogens is 1. The van der Waals surface area contributed by atoms with E-state index in [2.05, 4.69) is 10.3 Å². The van der Waals surface area contributed by atoms with E-state index in [0.29, 0.717) is 16.1 Å². The van der Waals surface area contributed by atoms with E-state index in [1.165, 1.54) is 18.3 Å². The lowest BCUT2D eigenvalue weighted by molar-refractivity contribution is 0.0696. The number of benzene rings is 1. The summed E-state index contributed by atoms with van der Waals surface area (Å²) in [5.74, 6) is -1.30. The molecule has 0 aliphatic carbocycles. The lowest BCUT2D eigenvalue weighted by atomic mass is 10.1. The van der Waals surface area contributed by atoms with Gasteiger partial charge in [0.15, 0.2) is 0 Å². The number of anilines is 1. The summed E-state index contributed by atoms with van der Waals surface area (Å²) in [6.07, 6.45) is 1.32. The van der Waals surface area contributed by atoms with Gasteiger partial charge in [0.05, 0.1) is 5.56 Å². The number of nitrogens with zero attached hydrogens (tertiary/aromatic N) is 1. The van der Waals surface area contributed by atoms with Crippen LogP contribution in [-0.4, -0.2) is 22.0 Å². The van der Waals surface area contributed by atoms with Gasteiger partial charge in [0.2, 0.25) is 0 Å². The molecule has 0 atom stereocenters. The fourth-order valence-corrected chi connectivity index (χ4v) is 1.84. The number of carbonyl (C=O) groups is 2. The molecule has 1 aromatic heterocycles. The monoisotopic (exact) mass is 290 g/mol. The van der Waals surface area contributed by atoms with E-state index >= 15 is 0 Å². The van der Waals surface area contributed by atoms with Gasteiger partial charge in [-0.3, -0.25) is 4.79 Å². The first kappa shape index (κ1) is 14.0. The van der Waals surface area contributed by atoms with E-state index in [1.54, 1.807) is 25.1 Å². The molecule has 0 unspecified atom stereocenters. The lowest BCUT2D eigenvalue weighted by Gasteiger charge is -2.08. The third kappa shape index (κ3) is 2.95. The van der Waals surface area contributed by atoms with Gasteiger partial charge in [0.1, 0.15) is 5.82 Å². The Hall–Kier alpha value is -2.40. The minimum atomic E-state index is -1.08. The number of carboxylic acid groups (broad SMARTS) is 1. The molecule has 102 valence electrons. The average Bonchev–Trinajstić information content (AvgIpc) is 2.42. The fourth-order valence-electron chi connectivity index (χ4n) is 1.67. The molecule has 0 aliphatic heterocycles. The molecule has 1 amide bonds. The molecule has 2 aromatic rings. The van der Waals surface area contributed by atoms with Crippen molar-refractivity contribution >= 4 is 29.3 Å². The number of carboxylic acids is 1. The number of hydrogen-bond acceptors (Lipinski definition) is 3. The molecule has 0 aliphatic rings. The highest BCUT2D eigenvalue weighted by Gasteiger charge is 2.12. The van der Waals surface area contributed by atoms with Gasteiger partial charge in [-0.2, -0.15) is 0 Å². The first-order valence-corrected chi connectivity index (χ1v) is 6.12. The van der Waals surface area contributed by atoms with Crippen molar-refractivity contribution in [2.24, 2.45) is 0 Å². The van der Waals surface area contributed by atoms with Crippen molar-refractivity contribution in [3.63, 3.8) is 0 Å². The van der Waals surface area contributed by atoms with E-state index in [9.17, 15) is 9.59 Å². The molecule has 0 spiro atoms. The van der Waals surface area contributed by atoms with Crippen LogP contribution >= 0.6 is 11.6 Å². The Kier molecular flexibility index (Phi) is 4.00. The number of carbonyl (C=O) groups excluding carboxylic acids is 1. The van der Waals surface area contributed by atoms with Gasteiger partial charge in [-0.25, -0.2) is 9.78 Å². The Morgan fingerprint density at radius 1 is 1.30 bits per heavy atom.